The molecule has 2 fully saturated rings. The molecule has 0 aliphatic carbocycles. The Hall–Kier alpha value is -0.120. The van der Waals surface area contributed by atoms with Crippen molar-refractivity contribution in [3.63, 3.8) is 0 Å². The molecule has 2 saturated heterocycles. The molecule has 0 aromatic carbocycles. The average molecular weight is 239 g/mol. The summed E-state index contributed by atoms with van der Waals surface area (Å²) in [6.07, 6.45) is 3.76. The first kappa shape index (κ1) is 13.3. The maximum Gasteiger partial charge on any atom is 0.0109 e. The highest BCUT2D eigenvalue weighted by Crippen LogP contribution is 2.22. The van der Waals surface area contributed by atoms with Crippen molar-refractivity contribution in [2.75, 3.05) is 39.3 Å². The van der Waals surface area contributed by atoms with Crippen LogP contribution in [0.1, 0.15) is 33.1 Å². The van der Waals surface area contributed by atoms with Gasteiger partial charge in [0.1, 0.15) is 0 Å². The van der Waals surface area contributed by atoms with Crippen molar-refractivity contribution < 1.29 is 0 Å². The van der Waals surface area contributed by atoms with Gasteiger partial charge in [-0.25, -0.2) is 0 Å². The topological polar surface area (TPSA) is 32.5 Å². The first-order valence-corrected chi connectivity index (χ1v) is 7.35. The lowest BCUT2D eigenvalue weighted by atomic mass is 9.89. The summed E-state index contributed by atoms with van der Waals surface area (Å²) in [7, 11) is 0. The van der Waals surface area contributed by atoms with Crippen molar-refractivity contribution in [2.45, 2.75) is 39.2 Å². The van der Waals surface area contributed by atoms with E-state index < -0.39 is 0 Å². The largest absolute Gasteiger partial charge is 0.328 e. The first-order valence-electron chi connectivity index (χ1n) is 7.35. The van der Waals surface area contributed by atoms with Crippen LogP contribution >= 0.6 is 0 Å². The zero-order chi connectivity index (χ0) is 12.3. The van der Waals surface area contributed by atoms with E-state index in [-0.39, 0.29) is 0 Å². The quantitative estimate of drug-likeness (QED) is 0.808. The number of likely N-dealkylation sites (tertiary alicyclic amines) is 2. The fourth-order valence-corrected chi connectivity index (χ4v) is 3.01. The number of piperidine rings is 2. The molecule has 17 heavy (non-hydrogen) atoms. The van der Waals surface area contributed by atoms with Crippen molar-refractivity contribution in [2.24, 2.45) is 17.6 Å². The molecule has 3 nitrogen and oxygen atoms in total. The fourth-order valence-electron chi connectivity index (χ4n) is 3.01. The van der Waals surface area contributed by atoms with E-state index in [4.69, 9.17) is 5.73 Å². The summed E-state index contributed by atoms with van der Waals surface area (Å²) >= 11 is 0. The van der Waals surface area contributed by atoms with Gasteiger partial charge < -0.3 is 15.5 Å². The molecular formula is C14H29N3. The molecule has 100 valence electrons. The molecule has 0 aromatic rings. The molecule has 2 heterocycles. The van der Waals surface area contributed by atoms with E-state index in [1.54, 1.807) is 0 Å². The van der Waals surface area contributed by atoms with E-state index in [1.807, 2.05) is 0 Å². The molecule has 0 radical (unpaired) electrons. The van der Waals surface area contributed by atoms with Gasteiger partial charge in [-0.1, -0.05) is 13.8 Å². The normalized spacial score (nSPS) is 34.1. The van der Waals surface area contributed by atoms with Crippen molar-refractivity contribution in [3.05, 3.63) is 0 Å². The SMILES string of the molecule is CC1CCN(CCN2CCC(N)CC2)CC1C. The Morgan fingerprint density at radius 3 is 2.12 bits per heavy atom. The van der Waals surface area contributed by atoms with Crippen molar-refractivity contribution >= 4 is 0 Å². The van der Waals surface area contributed by atoms with Crippen molar-refractivity contribution in [1.29, 1.82) is 0 Å². The summed E-state index contributed by atoms with van der Waals surface area (Å²) in [5.74, 6) is 1.79. The van der Waals surface area contributed by atoms with Crippen molar-refractivity contribution in [3.8, 4) is 0 Å². The van der Waals surface area contributed by atoms with Gasteiger partial charge in [-0.2, -0.15) is 0 Å². The van der Waals surface area contributed by atoms with Gasteiger partial charge in [-0.3, -0.25) is 0 Å². The maximum atomic E-state index is 5.93. The van der Waals surface area contributed by atoms with Crippen LogP contribution in [0.15, 0.2) is 0 Å². The maximum absolute atomic E-state index is 5.93. The standard InChI is InChI=1S/C14H29N3/c1-12-3-6-17(11-13(12)2)10-9-16-7-4-14(15)5-8-16/h12-14H,3-11,15H2,1-2H3. The summed E-state index contributed by atoms with van der Waals surface area (Å²) in [5, 5.41) is 0. The minimum atomic E-state index is 0.460. The van der Waals surface area contributed by atoms with Gasteiger partial charge >= 0.3 is 0 Å². The third kappa shape index (κ3) is 3.94. The van der Waals surface area contributed by atoms with E-state index >= 15 is 0 Å². The summed E-state index contributed by atoms with van der Waals surface area (Å²) < 4.78 is 0. The number of rotatable bonds is 3. The van der Waals surface area contributed by atoms with Crippen molar-refractivity contribution in [1.82, 2.24) is 9.80 Å². The van der Waals surface area contributed by atoms with Gasteiger partial charge in [0, 0.05) is 25.7 Å². The highest BCUT2D eigenvalue weighted by Gasteiger charge is 2.23. The van der Waals surface area contributed by atoms with E-state index in [0.717, 1.165) is 11.8 Å². The summed E-state index contributed by atoms with van der Waals surface area (Å²) in [5.41, 5.74) is 5.93. The average Bonchev–Trinajstić information content (AvgIpc) is 2.33. The molecule has 2 aliphatic rings. The lowest BCUT2D eigenvalue weighted by molar-refractivity contribution is 0.114. The third-order valence-corrected chi connectivity index (χ3v) is 4.78. The number of hydrogen-bond acceptors (Lipinski definition) is 3. The van der Waals surface area contributed by atoms with E-state index in [0.29, 0.717) is 6.04 Å². The molecule has 2 unspecified atom stereocenters. The summed E-state index contributed by atoms with van der Waals surface area (Å²) in [4.78, 5) is 5.24. The zero-order valence-electron chi connectivity index (χ0n) is 11.6. The van der Waals surface area contributed by atoms with Gasteiger partial charge in [0.25, 0.3) is 0 Å². The fraction of sp³-hybridized carbons (Fsp3) is 1.00. The molecule has 2 atom stereocenters. The minimum Gasteiger partial charge on any atom is -0.328 e. The van der Waals surface area contributed by atoms with Crippen LogP contribution in [0, 0.1) is 11.8 Å². The molecule has 0 bridgehead atoms. The van der Waals surface area contributed by atoms with Gasteiger partial charge in [0.15, 0.2) is 0 Å². The van der Waals surface area contributed by atoms with Crippen LogP contribution in [0.25, 0.3) is 0 Å². The lowest BCUT2D eigenvalue weighted by Gasteiger charge is -2.37. The second-order valence-electron chi connectivity index (χ2n) is 6.22. The summed E-state index contributed by atoms with van der Waals surface area (Å²) in [6.45, 7) is 12.3. The first-order chi connectivity index (χ1) is 8.15. The number of nitrogens with zero attached hydrogens (tertiary/aromatic N) is 2. The van der Waals surface area contributed by atoms with E-state index in [9.17, 15) is 0 Å². The molecule has 2 aliphatic heterocycles. The van der Waals surface area contributed by atoms with Crippen LogP contribution in [-0.4, -0.2) is 55.1 Å². The highest BCUT2D eigenvalue weighted by molar-refractivity contribution is 4.78. The molecule has 3 heteroatoms. The molecule has 2 rings (SSSR count). The molecule has 0 spiro atoms. The minimum absolute atomic E-state index is 0.460. The molecule has 2 N–H and O–H groups in total. The second kappa shape index (κ2) is 6.17. The molecule has 0 saturated carbocycles. The van der Waals surface area contributed by atoms with Crippen LogP contribution in [0.5, 0.6) is 0 Å². The monoisotopic (exact) mass is 239 g/mol. The van der Waals surface area contributed by atoms with Crippen LogP contribution in [0.3, 0.4) is 0 Å². The number of nitrogens with two attached hydrogens (primary N) is 1. The molecular weight excluding hydrogens is 210 g/mol. The highest BCUT2D eigenvalue weighted by atomic mass is 15.2. The summed E-state index contributed by atoms with van der Waals surface area (Å²) in [6, 6.07) is 0.460. The lowest BCUT2D eigenvalue weighted by Crippen LogP contribution is -2.45. The van der Waals surface area contributed by atoms with Gasteiger partial charge in [-0.05, 0) is 50.7 Å². The zero-order valence-corrected chi connectivity index (χ0v) is 11.6. The number of hydrogen-bond donors (Lipinski definition) is 1. The third-order valence-electron chi connectivity index (χ3n) is 4.78. The Balaban J connectivity index is 1.65. The van der Waals surface area contributed by atoms with Gasteiger partial charge in [-0.15, -0.1) is 0 Å². The molecule has 0 amide bonds. The van der Waals surface area contributed by atoms with Gasteiger partial charge in [0.05, 0.1) is 0 Å². The predicted octanol–water partition coefficient (Wildman–Crippen LogP) is 1.39. The Labute approximate surface area is 106 Å². The smallest absolute Gasteiger partial charge is 0.0109 e. The van der Waals surface area contributed by atoms with E-state index in [2.05, 4.69) is 23.6 Å². The Bertz CT molecular complexity index is 224. The predicted molar refractivity (Wildman–Crippen MR) is 73.0 cm³/mol. The van der Waals surface area contributed by atoms with Crippen LogP contribution < -0.4 is 5.73 Å². The van der Waals surface area contributed by atoms with Gasteiger partial charge in [0.2, 0.25) is 0 Å². The molecule has 0 aromatic heterocycles. The Morgan fingerprint density at radius 1 is 0.882 bits per heavy atom. The Kier molecular flexibility index (Phi) is 4.83. The van der Waals surface area contributed by atoms with Crippen LogP contribution in [0.2, 0.25) is 0 Å². The second-order valence-corrected chi connectivity index (χ2v) is 6.22. The van der Waals surface area contributed by atoms with E-state index in [1.165, 1.54) is 58.5 Å². The van der Waals surface area contributed by atoms with Crippen LogP contribution in [-0.2, 0) is 0 Å². The van der Waals surface area contributed by atoms with Crippen LogP contribution in [0.4, 0.5) is 0 Å². The Morgan fingerprint density at radius 2 is 1.47 bits per heavy atom.